The van der Waals surface area contributed by atoms with Crippen LogP contribution in [0.2, 0.25) is 0 Å². The van der Waals surface area contributed by atoms with Crippen molar-refractivity contribution in [3.8, 4) is 11.5 Å². The standard InChI is InChI=1S/C21H20BrN3O3/c1-13-10-16(20(23)25-18(13)12-27-2)21(26)24-14-6-5-7-15(11-14)28-19-9-4-3-8-17(19)22/h3-11H,12H2,1-2H3,(H2,23,25)(H,24,26). The number of hydrogen-bond acceptors (Lipinski definition) is 5. The molecule has 2 aromatic carbocycles. The van der Waals surface area contributed by atoms with Gasteiger partial charge in [0, 0.05) is 18.9 Å². The van der Waals surface area contributed by atoms with Crippen LogP contribution in [0.25, 0.3) is 0 Å². The zero-order valence-electron chi connectivity index (χ0n) is 15.5. The Morgan fingerprint density at radius 2 is 1.96 bits per heavy atom. The van der Waals surface area contributed by atoms with Gasteiger partial charge in [-0.1, -0.05) is 18.2 Å². The van der Waals surface area contributed by atoms with Gasteiger partial charge in [-0.05, 0) is 58.7 Å². The number of ether oxygens (including phenoxy) is 2. The van der Waals surface area contributed by atoms with E-state index in [-0.39, 0.29) is 11.7 Å². The summed E-state index contributed by atoms with van der Waals surface area (Å²) < 4.78 is 11.8. The molecule has 3 N–H and O–H groups in total. The minimum absolute atomic E-state index is 0.163. The molecule has 7 heteroatoms. The van der Waals surface area contributed by atoms with Gasteiger partial charge in [0.15, 0.2) is 0 Å². The van der Waals surface area contributed by atoms with Crippen LogP contribution in [0.5, 0.6) is 11.5 Å². The molecule has 0 spiro atoms. The van der Waals surface area contributed by atoms with Gasteiger partial charge in [-0.2, -0.15) is 0 Å². The van der Waals surface area contributed by atoms with Gasteiger partial charge in [0.25, 0.3) is 5.91 Å². The van der Waals surface area contributed by atoms with Gasteiger partial charge in [0.1, 0.15) is 17.3 Å². The summed E-state index contributed by atoms with van der Waals surface area (Å²) >= 11 is 3.45. The Balaban J connectivity index is 1.78. The number of nitrogens with two attached hydrogens (primary N) is 1. The Bertz CT molecular complexity index is 1010. The SMILES string of the molecule is COCc1nc(N)c(C(=O)Nc2cccc(Oc3ccccc3Br)c2)cc1C. The molecule has 0 fully saturated rings. The summed E-state index contributed by atoms with van der Waals surface area (Å²) in [6, 6.07) is 16.4. The number of carbonyl (C=O) groups excluding carboxylic acids is 1. The molecule has 0 aliphatic rings. The lowest BCUT2D eigenvalue weighted by Crippen LogP contribution is -2.16. The number of carbonyl (C=O) groups is 1. The predicted molar refractivity (Wildman–Crippen MR) is 113 cm³/mol. The lowest BCUT2D eigenvalue weighted by atomic mass is 10.1. The molecule has 1 aromatic heterocycles. The molecule has 0 radical (unpaired) electrons. The molecule has 1 amide bonds. The van der Waals surface area contributed by atoms with E-state index >= 15 is 0 Å². The number of nitrogen functional groups attached to an aromatic ring is 1. The van der Waals surface area contributed by atoms with Gasteiger partial charge in [0.2, 0.25) is 0 Å². The molecule has 0 saturated heterocycles. The molecule has 6 nitrogen and oxygen atoms in total. The Hall–Kier alpha value is -2.90. The quantitative estimate of drug-likeness (QED) is 0.566. The second-order valence-corrected chi connectivity index (χ2v) is 6.99. The molecule has 0 bridgehead atoms. The first kappa shape index (κ1) is 19.9. The average Bonchev–Trinajstić information content (AvgIpc) is 2.67. The molecule has 0 aliphatic heterocycles. The van der Waals surface area contributed by atoms with Gasteiger partial charge in [-0.25, -0.2) is 4.98 Å². The zero-order valence-corrected chi connectivity index (χ0v) is 17.1. The summed E-state index contributed by atoms with van der Waals surface area (Å²) in [4.78, 5) is 16.9. The minimum Gasteiger partial charge on any atom is -0.456 e. The first-order valence-corrected chi connectivity index (χ1v) is 9.36. The van der Waals surface area contributed by atoms with Crippen LogP contribution in [0.3, 0.4) is 0 Å². The number of pyridine rings is 1. The van der Waals surface area contributed by atoms with Crippen LogP contribution in [-0.4, -0.2) is 18.0 Å². The first-order chi connectivity index (χ1) is 13.5. The van der Waals surface area contributed by atoms with Crippen molar-refractivity contribution >= 4 is 33.3 Å². The van der Waals surface area contributed by atoms with E-state index in [9.17, 15) is 4.79 Å². The number of hydrogen-bond donors (Lipinski definition) is 2. The molecule has 3 aromatic rings. The Morgan fingerprint density at radius 1 is 1.18 bits per heavy atom. The molecule has 144 valence electrons. The second-order valence-electron chi connectivity index (χ2n) is 6.13. The van der Waals surface area contributed by atoms with Gasteiger partial charge in [-0.15, -0.1) is 0 Å². The molecule has 0 unspecified atom stereocenters. The van der Waals surface area contributed by atoms with Crippen LogP contribution in [0, 0.1) is 6.92 Å². The van der Waals surface area contributed by atoms with Gasteiger partial charge in [0.05, 0.1) is 22.3 Å². The summed E-state index contributed by atoms with van der Waals surface area (Å²) in [7, 11) is 1.58. The van der Waals surface area contributed by atoms with Crippen molar-refractivity contribution in [2.45, 2.75) is 13.5 Å². The smallest absolute Gasteiger partial charge is 0.259 e. The number of aromatic nitrogens is 1. The molecule has 0 atom stereocenters. The maximum absolute atomic E-state index is 12.7. The molecule has 3 rings (SSSR count). The first-order valence-electron chi connectivity index (χ1n) is 8.56. The lowest BCUT2D eigenvalue weighted by Gasteiger charge is -2.12. The monoisotopic (exact) mass is 441 g/mol. The third-order valence-electron chi connectivity index (χ3n) is 4.03. The minimum atomic E-state index is -0.338. The second kappa shape index (κ2) is 8.86. The Kier molecular flexibility index (Phi) is 6.28. The van der Waals surface area contributed by atoms with E-state index in [1.807, 2.05) is 37.3 Å². The van der Waals surface area contributed by atoms with Gasteiger partial charge in [-0.3, -0.25) is 4.79 Å². The Morgan fingerprint density at radius 3 is 2.71 bits per heavy atom. The van der Waals surface area contributed by atoms with Crippen molar-refractivity contribution in [3.63, 3.8) is 0 Å². The topological polar surface area (TPSA) is 86.5 Å². The highest BCUT2D eigenvalue weighted by molar-refractivity contribution is 9.10. The van der Waals surface area contributed by atoms with E-state index in [1.165, 1.54) is 0 Å². The molecule has 0 saturated carbocycles. The van der Waals surface area contributed by atoms with Crippen molar-refractivity contribution in [3.05, 3.63) is 75.9 Å². The van der Waals surface area contributed by atoms with E-state index in [1.54, 1.807) is 31.4 Å². The molecule has 28 heavy (non-hydrogen) atoms. The van der Waals surface area contributed by atoms with Crippen LogP contribution in [0.1, 0.15) is 21.6 Å². The number of methoxy groups -OCH3 is 1. The fourth-order valence-corrected chi connectivity index (χ4v) is 2.99. The molecular weight excluding hydrogens is 422 g/mol. The van der Waals surface area contributed by atoms with E-state index < -0.39 is 0 Å². The van der Waals surface area contributed by atoms with Gasteiger partial charge >= 0.3 is 0 Å². The van der Waals surface area contributed by atoms with Crippen LogP contribution < -0.4 is 15.8 Å². The largest absolute Gasteiger partial charge is 0.456 e. The van der Waals surface area contributed by atoms with Gasteiger partial charge < -0.3 is 20.5 Å². The maximum atomic E-state index is 12.7. The predicted octanol–water partition coefficient (Wildman–Crippen LogP) is 4.93. The highest BCUT2D eigenvalue weighted by atomic mass is 79.9. The zero-order chi connectivity index (χ0) is 20.1. The summed E-state index contributed by atoms with van der Waals surface area (Å²) in [6.07, 6.45) is 0. The Labute approximate surface area is 171 Å². The molecular formula is C21H20BrN3O3. The van der Waals surface area contributed by atoms with Crippen LogP contribution >= 0.6 is 15.9 Å². The number of aryl methyl sites for hydroxylation is 1. The molecule has 0 aliphatic carbocycles. The van der Waals surface area contributed by atoms with E-state index in [4.69, 9.17) is 15.2 Å². The number of nitrogens with one attached hydrogen (secondary N) is 1. The third-order valence-corrected chi connectivity index (χ3v) is 4.68. The van der Waals surface area contributed by atoms with Crippen LogP contribution in [-0.2, 0) is 11.3 Å². The number of amides is 1. The fourth-order valence-electron chi connectivity index (χ4n) is 2.62. The van der Waals surface area contributed by atoms with Crippen molar-refractivity contribution < 1.29 is 14.3 Å². The number of rotatable bonds is 6. The van der Waals surface area contributed by atoms with E-state index in [0.29, 0.717) is 35.1 Å². The van der Waals surface area contributed by atoms with Crippen molar-refractivity contribution in [1.29, 1.82) is 0 Å². The number of halogens is 1. The van der Waals surface area contributed by atoms with Crippen molar-refractivity contribution in [1.82, 2.24) is 4.98 Å². The molecule has 1 heterocycles. The number of benzene rings is 2. The summed E-state index contributed by atoms with van der Waals surface area (Å²) in [5.74, 6) is 1.11. The average molecular weight is 442 g/mol. The number of para-hydroxylation sites is 1. The number of nitrogens with zero attached hydrogens (tertiary/aromatic N) is 1. The normalized spacial score (nSPS) is 10.5. The van der Waals surface area contributed by atoms with E-state index in [2.05, 4.69) is 26.2 Å². The van der Waals surface area contributed by atoms with Crippen molar-refractivity contribution in [2.75, 3.05) is 18.2 Å². The highest BCUT2D eigenvalue weighted by Crippen LogP contribution is 2.30. The van der Waals surface area contributed by atoms with E-state index in [0.717, 1.165) is 10.0 Å². The summed E-state index contributed by atoms with van der Waals surface area (Å²) in [5.41, 5.74) is 8.42. The summed E-state index contributed by atoms with van der Waals surface area (Å²) in [5, 5.41) is 2.84. The summed E-state index contributed by atoms with van der Waals surface area (Å²) in [6.45, 7) is 2.20. The number of anilines is 2. The van der Waals surface area contributed by atoms with Crippen molar-refractivity contribution in [2.24, 2.45) is 0 Å². The van der Waals surface area contributed by atoms with Crippen LogP contribution in [0.4, 0.5) is 11.5 Å². The highest BCUT2D eigenvalue weighted by Gasteiger charge is 2.15. The third kappa shape index (κ3) is 4.68. The maximum Gasteiger partial charge on any atom is 0.259 e. The lowest BCUT2D eigenvalue weighted by molar-refractivity contribution is 0.102. The fraction of sp³-hybridized carbons (Fsp3) is 0.143. The van der Waals surface area contributed by atoms with Crippen LogP contribution in [0.15, 0.2) is 59.1 Å².